The Morgan fingerprint density at radius 3 is 2.94 bits per heavy atom. The number of aliphatic imine (C=N–C) groups is 1. The summed E-state index contributed by atoms with van der Waals surface area (Å²) in [6, 6.07) is 5.94. The molecule has 3 nitrogen and oxygen atoms in total. The second-order valence-electron chi connectivity index (χ2n) is 4.09. The summed E-state index contributed by atoms with van der Waals surface area (Å²) < 4.78 is 0. The van der Waals surface area contributed by atoms with Crippen molar-refractivity contribution in [3.63, 3.8) is 0 Å². The predicted octanol–water partition coefficient (Wildman–Crippen LogP) is 2.54. The van der Waals surface area contributed by atoms with E-state index >= 15 is 0 Å². The number of fused-ring (bicyclic) bond motifs is 1. The molecule has 1 amide bonds. The third-order valence-corrected chi connectivity index (χ3v) is 2.68. The maximum absolute atomic E-state index is 11.7. The molecule has 16 heavy (non-hydrogen) atoms. The van der Waals surface area contributed by atoms with Crippen molar-refractivity contribution in [1.29, 1.82) is 0 Å². The normalized spacial score (nSPS) is 16.4. The second-order valence-corrected chi connectivity index (χ2v) is 4.09. The van der Waals surface area contributed by atoms with E-state index in [0.29, 0.717) is 5.71 Å². The standard InChI is InChI=1S/C13H16N2O/c1-3-4-7-14-12-10-8-9(2)5-6-11(10)15-13(12)16/h5-6,8H,3-4,7H2,1-2H3,(H,14,15,16). The predicted molar refractivity (Wildman–Crippen MR) is 66.1 cm³/mol. The van der Waals surface area contributed by atoms with E-state index in [4.69, 9.17) is 0 Å². The lowest BCUT2D eigenvalue weighted by Gasteiger charge is -1.99. The summed E-state index contributed by atoms with van der Waals surface area (Å²) in [5.74, 6) is -0.0725. The largest absolute Gasteiger partial charge is 0.320 e. The Bertz CT molecular complexity index is 449. The molecule has 84 valence electrons. The second kappa shape index (κ2) is 4.47. The monoisotopic (exact) mass is 216 g/mol. The third kappa shape index (κ3) is 1.98. The van der Waals surface area contributed by atoms with Gasteiger partial charge in [0, 0.05) is 12.1 Å². The summed E-state index contributed by atoms with van der Waals surface area (Å²) in [5.41, 5.74) is 3.57. The van der Waals surface area contributed by atoms with Crippen LogP contribution in [-0.4, -0.2) is 18.2 Å². The first-order valence-corrected chi connectivity index (χ1v) is 5.69. The van der Waals surface area contributed by atoms with Gasteiger partial charge in [-0.1, -0.05) is 25.0 Å². The molecular formula is C13H16N2O. The summed E-state index contributed by atoms with van der Waals surface area (Å²) in [5, 5.41) is 2.83. The Hall–Kier alpha value is -1.64. The van der Waals surface area contributed by atoms with Crippen molar-refractivity contribution in [2.24, 2.45) is 4.99 Å². The van der Waals surface area contributed by atoms with E-state index in [1.807, 2.05) is 25.1 Å². The molecule has 0 unspecified atom stereocenters. The maximum atomic E-state index is 11.7. The van der Waals surface area contributed by atoms with Crippen molar-refractivity contribution in [2.45, 2.75) is 26.7 Å². The number of unbranched alkanes of at least 4 members (excludes halogenated alkanes) is 1. The summed E-state index contributed by atoms with van der Waals surface area (Å²) >= 11 is 0. The Balaban J connectivity index is 2.31. The molecule has 0 saturated heterocycles. The van der Waals surface area contributed by atoms with E-state index in [0.717, 1.165) is 36.2 Å². The first-order chi connectivity index (χ1) is 7.72. The third-order valence-electron chi connectivity index (χ3n) is 2.68. The van der Waals surface area contributed by atoms with Crippen molar-refractivity contribution >= 4 is 17.3 Å². The van der Waals surface area contributed by atoms with E-state index < -0.39 is 0 Å². The number of carbonyl (C=O) groups is 1. The Morgan fingerprint density at radius 2 is 2.19 bits per heavy atom. The molecular weight excluding hydrogens is 200 g/mol. The van der Waals surface area contributed by atoms with Crippen molar-refractivity contribution in [3.05, 3.63) is 29.3 Å². The number of rotatable bonds is 3. The maximum Gasteiger partial charge on any atom is 0.274 e. The van der Waals surface area contributed by atoms with Crippen LogP contribution in [0.1, 0.15) is 30.9 Å². The molecule has 1 aromatic carbocycles. The summed E-state index contributed by atoms with van der Waals surface area (Å²) in [4.78, 5) is 16.1. The molecule has 1 aromatic rings. The SMILES string of the molecule is CCCCN=C1C(=O)Nc2ccc(C)cc21. The lowest BCUT2D eigenvalue weighted by atomic mass is 10.1. The van der Waals surface area contributed by atoms with Crippen LogP contribution < -0.4 is 5.32 Å². The smallest absolute Gasteiger partial charge is 0.274 e. The van der Waals surface area contributed by atoms with Gasteiger partial charge in [0.2, 0.25) is 0 Å². The molecule has 0 aliphatic carbocycles. The van der Waals surface area contributed by atoms with Gasteiger partial charge in [0.15, 0.2) is 0 Å². The zero-order chi connectivity index (χ0) is 11.5. The molecule has 0 spiro atoms. The molecule has 1 aliphatic heterocycles. The van der Waals surface area contributed by atoms with Gasteiger partial charge in [-0.05, 0) is 25.5 Å². The first kappa shape index (κ1) is 10.9. The van der Waals surface area contributed by atoms with Gasteiger partial charge < -0.3 is 5.32 Å². The van der Waals surface area contributed by atoms with Crippen LogP contribution in [0.5, 0.6) is 0 Å². The highest BCUT2D eigenvalue weighted by Gasteiger charge is 2.25. The van der Waals surface area contributed by atoms with Gasteiger partial charge in [-0.15, -0.1) is 0 Å². The topological polar surface area (TPSA) is 41.5 Å². The average Bonchev–Trinajstić information content (AvgIpc) is 2.56. The minimum Gasteiger partial charge on any atom is -0.320 e. The van der Waals surface area contributed by atoms with Crippen molar-refractivity contribution in [3.8, 4) is 0 Å². The average molecular weight is 216 g/mol. The Labute approximate surface area is 95.6 Å². The fourth-order valence-corrected chi connectivity index (χ4v) is 1.77. The molecule has 0 saturated carbocycles. The molecule has 0 aromatic heterocycles. The summed E-state index contributed by atoms with van der Waals surface area (Å²) in [7, 11) is 0. The lowest BCUT2D eigenvalue weighted by molar-refractivity contribution is -0.110. The van der Waals surface area contributed by atoms with E-state index in [1.165, 1.54) is 0 Å². The van der Waals surface area contributed by atoms with Crippen LogP contribution in [0.2, 0.25) is 0 Å². The molecule has 0 bridgehead atoms. The fraction of sp³-hybridized carbons (Fsp3) is 0.385. The number of benzene rings is 1. The van der Waals surface area contributed by atoms with Gasteiger partial charge in [-0.3, -0.25) is 9.79 Å². The number of hydrogen-bond acceptors (Lipinski definition) is 2. The number of hydrogen-bond donors (Lipinski definition) is 1. The zero-order valence-electron chi connectivity index (χ0n) is 9.71. The van der Waals surface area contributed by atoms with Crippen LogP contribution in [0, 0.1) is 6.92 Å². The van der Waals surface area contributed by atoms with Crippen molar-refractivity contribution in [1.82, 2.24) is 0 Å². The zero-order valence-corrected chi connectivity index (χ0v) is 9.71. The van der Waals surface area contributed by atoms with E-state index in [2.05, 4.69) is 17.2 Å². The van der Waals surface area contributed by atoms with E-state index in [-0.39, 0.29) is 5.91 Å². The number of nitrogens with one attached hydrogen (secondary N) is 1. The van der Waals surface area contributed by atoms with E-state index in [1.54, 1.807) is 0 Å². The van der Waals surface area contributed by atoms with Crippen LogP contribution in [-0.2, 0) is 4.79 Å². The fourth-order valence-electron chi connectivity index (χ4n) is 1.77. The van der Waals surface area contributed by atoms with Gasteiger partial charge >= 0.3 is 0 Å². The van der Waals surface area contributed by atoms with Gasteiger partial charge in [0.25, 0.3) is 5.91 Å². The molecule has 0 radical (unpaired) electrons. The first-order valence-electron chi connectivity index (χ1n) is 5.69. The molecule has 0 atom stereocenters. The van der Waals surface area contributed by atoms with Gasteiger partial charge in [0.05, 0.1) is 5.69 Å². The number of carbonyl (C=O) groups excluding carboxylic acids is 1. The Morgan fingerprint density at radius 1 is 1.38 bits per heavy atom. The number of anilines is 1. The highest BCUT2D eigenvalue weighted by Crippen LogP contribution is 2.24. The van der Waals surface area contributed by atoms with Crippen LogP contribution in [0.25, 0.3) is 0 Å². The molecule has 0 fully saturated rings. The van der Waals surface area contributed by atoms with Crippen LogP contribution in [0.3, 0.4) is 0 Å². The van der Waals surface area contributed by atoms with Crippen LogP contribution in [0.4, 0.5) is 5.69 Å². The molecule has 1 heterocycles. The molecule has 1 aliphatic rings. The van der Waals surface area contributed by atoms with Crippen LogP contribution >= 0.6 is 0 Å². The minimum absolute atomic E-state index is 0.0725. The quantitative estimate of drug-likeness (QED) is 0.775. The van der Waals surface area contributed by atoms with Gasteiger partial charge in [0.1, 0.15) is 5.71 Å². The number of nitrogens with zero attached hydrogens (tertiary/aromatic N) is 1. The highest BCUT2D eigenvalue weighted by molar-refractivity contribution is 6.53. The highest BCUT2D eigenvalue weighted by atomic mass is 16.2. The van der Waals surface area contributed by atoms with Gasteiger partial charge in [-0.2, -0.15) is 0 Å². The minimum atomic E-state index is -0.0725. The van der Waals surface area contributed by atoms with E-state index in [9.17, 15) is 4.79 Å². The summed E-state index contributed by atoms with van der Waals surface area (Å²) in [6.45, 7) is 4.87. The molecule has 1 N–H and O–H groups in total. The number of amides is 1. The van der Waals surface area contributed by atoms with Crippen molar-refractivity contribution < 1.29 is 4.79 Å². The van der Waals surface area contributed by atoms with Crippen LogP contribution in [0.15, 0.2) is 23.2 Å². The Kier molecular flexibility index (Phi) is 3.04. The lowest BCUT2D eigenvalue weighted by Crippen LogP contribution is -2.14. The van der Waals surface area contributed by atoms with Crippen molar-refractivity contribution in [2.75, 3.05) is 11.9 Å². The summed E-state index contributed by atoms with van der Waals surface area (Å²) in [6.07, 6.45) is 2.12. The number of aryl methyl sites for hydroxylation is 1. The van der Waals surface area contributed by atoms with Gasteiger partial charge in [-0.25, -0.2) is 0 Å². The molecule has 2 rings (SSSR count). The molecule has 3 heteroatoms.